The fraction of sp³-hybridized carbons (Fsp3) is 0.0455. The van der Waals surface area contributed by atoms with E-state index in [1.165, 1.54) is 11.3 Å². The van der Waals surface area contributed by atoms with Crippen molar-refractivity contribution in [1.82, 2.24) is 4.98 Å². The van der Waals surface area contributed by atoms with Crippen LogP contribution in [-0.4, -0.2) is 10.9 Å². The molecule has 1 amide bonds. The van der Waals surface area contributed by atoms with Crippen LogP contribution in [0.2, 0.25) is 0 Å². The van der Waals surface area contributed by atoms with E-state index in [1.807, 2.05) is 49.4 Å². The van der Waals surface area contributed by atoms with Gasteiger partial charge in [-0.1, -0.05) is 29.8 Å². The summed E-state index contributed by atoms with van der Waals surface area (Å²) in [4.78, 5) is 29.9. The van der Waals surface area contributed by atoms with Gasteiger partial charge < -0.3 is 9.73 Å². The minimum atomic E-state index is -0.436. The van der Waals surface area contributed by atoms with E-state index in [4.69, 9.17) is 4.42 Å². The Labute approximate surface area is 163 Å². The van der Waals surface area contributed by atoms with Crippen LogP contribution in [0.3, 0.4) is 0 Å². The maximum atomic E-state index is 12.8. The third-order valence-electron chi connectivity index (χ3n) is 4.61. The molecule has 0 aliphatic rings. The number of thiophene rings is 1. The number of pyridine rings is 1. The average Bonchev–Trinajstić information content (AvgIpc) is 3.15. The number of hydrogen-bond donors (Lipinski definition) is 1. The quantitative estimate of drug-likeness (QED) is 0.428. The lowest BCUT2D eigenvalue weighted by molar-refractivity contribution is 0.103. The Morgan fingerprint density at radius 1 is 1.07 bits per heavy atom. The fourth-order valence-corrected chi connectivity index (χ4v) is 4.31. The Hall–Kier alpha value is -3.51. The molecule has 0 saturated carbocycles. The maximum Gasteiger partial charge on any atom is 0.345 e. The molecule has 6 heteroatoms. The molecule has 0 atom stereocenters. The van der Waals surface area contributed by atoms with Gasteiger partial charge in [-0.05, 0) is 37.3 Å². The molecule has 5 rings (SSSR count). The minimum absolute atomic E-state index is 0.279. The first-order valence-electron chi connectivity index (χ1n) is 8.72. The van der Waals surface area contributed by atoms with E-state index < -0.39 is 5.63 Å². The lowest BCUT2D eigenvalue weighted by Crippen LogP contribution is -2.10. The minimum Gasteiger partial charge on any atom is -0.422 e. The average molecular weight is 386 g/mol. The molecule has 1 N–H and O–H groups in total. The molecule has 0 fully saturated rings. The van der Waals surface area contributed by atoms with Gasteiger partial charge in [0.2, 0.25) is 0 Å². The second-order valence-corrected chi connectivity index (χ2v) is 7.67. The monoisotopic (exact) mass is 386 g/mol. The highest BCUT2D eigenvalue weighted by Gasteiger charge is 2.16. The number of carbonyl (C=O) groups is 1. The van der Waals surface area contributed by atoms with Crippen LogP contribution in [0, 0.1) is 6.92 Å². The zero-order valence-corrected chi connectivity index (χ0v) is 15.7. The normalized spacial score (nSPS) is 11.3. The molecule has 2 aromatic carbocycles. The molecule has 136 valence electrons. The van der Waals surface area contributed by atoms with Gasteiger partial charge >= 0.3 is 5.63 Å². The van der Waals surface area contributed by atoms with Crippen molar-refractivity contribution in [2.75, 3.05) is 5.32 Å². The molecule has 0 unspecified atom stereocenters. The topological polar surface area (TPSA) is 72.2 Å². The number of anilines is 1. The highest BCUT2D eigenvalue weighted by molar-refractivity contribution is 7.21. The Morgan fingerprint density at radius 2 is 1.93 bits per heavy atom. The zero-order chi connectivity index (χ0) is 19.3. The molecule has 0 aliphatic heterocycles. The van der Waals surface area contributed by atoms with Crippen LogP contribution in [0.25, 0.3) is 32.0 Å². The lowest BCUT2D eigenvalue weighted by Gasteiger charge is -2.04. The summed E-state index contributed by atoms with van der Waals surface area (Å²) in [6, 6.07) is 16.8. The van der Waals surface area contributed by atoms with Crippen molar-refractivity contribution in [1.29, 1.82) is 0 Å². The van der Waals surface area contributed by atoms with E-state index in [2.05, 4.69) is 10.3 Å². The number of hydrogen-bond acceptors (Lipinski definition) is 5. The summed E-state index contributed by atoms with van der Waals surface area (Å²) < 4.78 is 6.16. The standard InChI is InChI=1S/C22H14N2O3S/c1-12-6-7-18-15(8-12)20-16(22(26)27-18)10-19(28-20)21(25)24-14-9-13-4-2-3-5-17(13)23-11-14/h2-11H,1H3,(H,24,25). The Morgan fingerprint density at radius 3 is 2.82 bits per heavy atom. The molecule has 0 aliphatic carbocycles. The molecule has 5 nitrogen and oxygen atoms in total. The summed E-state index contributed by atoms with van der Waals surface area (Å²) in [5.74, 6) is -0.279. The summed E-state index contributed by atoms with van der Waals surface area (Å²) >= 11 is 1.29. The van der Waals surface area contributed by atoms with Crippen molar-refractivity contribution >= 4 is 54.9 Å². The van der Waals surface area contributed by atoms with Crippen molar-refractivity contribution < 1.29 is 9.21 Å². The number of rotatable bonds is 2. The van der Waals surface area contributed by atoms with Crippen molar-refractivity contribution in [3.8, 4) is 0 Å². The molecule has 5 aromatic rings. The van der Waals surface area contributed by atoms with Crippen LogP contribution in [0.4, 0.5) is 5.69 Å². The summed E-state index contributed by atoms with van der Waals surface area (Å²) in [5, 5.41) is 5.07. The molecule has 0 bridgehead atoms. The second kappa shape index (κ2) is 6.28. The van der Waals surface area contributed by atoms with Crippen LogP contribution in [0.5, 0.6) is 0 Å². The highest BCUT2D eigenvalue weighted by Crippen LogP contribution is 2.31. The largest absolute Gasteiger partial charge is 0.422 e. The summed E-state index contributed by atoms with van der Waals surface area (Å²) in [5.41, 5.74) is 2.62. The summed E-state index contributed by atoms with van der Waals surface area (Å²) in [6.45, 7) is 1.98. The van der Waals surface area contributed by atoms with E-state index in [-0.39, 0.29) is 5.91 Å². The number of carbonyl (C=O) groups excluding carboxylic acids is 1. The number of nitrogens with one attached hydrogen (secondary N) is 1. The van der Waals surface area contributed by atoms with Gasteiger partial charge in [-0.3, -0.25) is 9.78 Å². The number of amides is 1. The van der Waals surface area contributed by atoms with Crippen LogP contribution in [-0.2, 0) is 0 Å². The number of para-hydroxylation sites is 1. The maximum absolute atomic E-state index is 12.8. The lowest BCUT2D eigenvalue weighted by atomic mass is 10.1. The summed E-state index contributed by atoms with van der Waals surface area (Å²) in [6.07, 6.45) is 1.63. The zero-order valence-electron chi connectivity index (χ0n) is 14.9. The SMILES string of the molecule is Cc1ccc2oc(=O)c3cc(C(=O)Nc4cnc5ccccc5c4)sc3c2c1. The molecule has 3 aromatic heterocycles. The molecule has 0 spiro atoms. The van der Waals surface area contributed by atoms with Gasteiger partial charge in [0, 0.05) is 10.8 Å². The van der Waals surface area contributed by atoms with Crippen LogP contribution < -0.4 is 10.9 Å². The van der Waals surface area contributed by atoms with Gasteiger partial charge in [0.05, 0.1) is 32.4 Å². The predicted octanol–water partition coefficient (Wildman–Crippen LogP) is 5.12. The van der Waals surface area contributed by atoms with E-state index >= 15 is 0 Å². The van der Waals surface area contributed by atoms with E-state index in [9.17, 15) is 9.59 Å². The predicted molar refractivity (Wildman–Crippen MR) is 112 cm³/mol. The van der Waals surface area contributed by atoms with Gasteiger partial charge in [-0.2, -0.15) is 0 Å². The molecular weight excluding hydrogens is 372 g/mol. The number of nitrogens with zero attached hydrogens (tertiary/aromatic N) is 1. The van der Waals surface area contributed by atoms with E-state index in [0.29, 0.717) is 21.5 Å². The number of aromatic nitrogens is 1. The second-order valence-electron chi connectivity index (χ2n) is 6.61. The van der Waals surface area contributed by atoms with Crippen LogP contribution in [0.1, 0.15) is 15.2 Å². The van der Waals surface area contributed by atoms with Gasteiger partial charge in [0.25, 0.3) is 5.91 Å². The van der Waals surface area contributed by atoms with Crippen LogP contribution in [0.15, 0.2) is 70.0 Å². The third kappa shape index (κ3) is 2.75. The Kier molecular flexibility index (Phi) is 3.74. The van der Waals surface area contributed by atoms with E-state index in [0.717, 1.165) is 26.6 Å². The Bertz CT molecular complexity index is 1450. The first kappa shape index (κ1) is 16.6. The first-order chi connectivity index (χ1) is 13.6. The number of aryl methyl sites for hydroxylation is 1. The van der Waals surface area contributed by atoms with Crippen molar-refractivity contribution in [3.05, 3.63) is 81.7 Å². The molecule has 3 heterocycles. The van der Waals surface area contributed by atoms with Crippen LogP contribution >= 0.6 is 11.3 Å². The van der Waals surface area contributed by atoms with Gasteiger partial charge in [0.1, 0.15) is 5.58 Å². The Balaban J connectivity index is 1.57. The van der Waals surface area contributed by atoms with Gasteiger partial charge in [-0.25, -0.2) is 4.79 Å². The van der Waals surface area contributed by atoms with Crippen molar-refractivity contribution in [2.45, 2.75) is 6.92 Å². The number of fused-ring (bicyclic) bond motifs is 4. The smallest absolute Gasteiger partial charge is 0.345 e. The van der Waals surface area contributed by atoms with Crippen molar-refractivity contribution in [3.63, 3.8) is 0 Å². The highest BCUT2D eigenvalue weighted by atomic mass is 32.1. The number of benzene rings is 2. The molecule has 0 radical (unpaired) electrons. The molecule has 28 heavy (non-hydrogen) atoms. The summed E-state index contributed by atoms with van der Waals surface area (Å²) in [7, 11) is 0. The third-order valence-corrected chi connectivity index (χ3v) is 5.77. The fourth-order valence-electron chi connectivity index (χ4n) is 3.25. The van der Waals surface area contributed by atoms with Gasteiger partial charge in [-0.15, -0.1) is 11.3 Å². The molecular formula is C22H14N2O3S. The first-order valence-corrected chi connectivity index (χ1v) is 9.53. The van der Waals surface area contributed by atoms with E-state index in [1.54, 1.807) is 18.3 Å². The molecule has 0 saturated heterocycles. The van der Waals surface area contributed by atoms with Gasteiger partial charge in [0.15, 0.2) is 0 Å². The van der Waals surface area contributed by atoms with Crippen molar-refractivity contribution in [2.24, 2.45) is 0 Å².